The molecule has 4 heteroatoms. The zero-order chi connectivity index (χ0) is 8.98. The molecule has 0 aromatic rings. The van der Waals surface area contributed by atoms with Gasteiger partial charge >= 0.3 is 0 Å². The molecule has 0 N–H and O–H groups in total. The molecule has 0 spiro atoms. The molecule has 1 saturated heterocycles. The van der Waals surface area contributed by atoms with Gasteiger partial charge in [-0.25, -0.2) is 0 Å². The monoisotopic (exact) mass is 190 g/mol. The van der Waals surface area contributed by atoms with Gasteiger partial charge in [0.25, 0.3) is 10.1 Å². The van der Waals surface area contributed by atoms with Crippen molar-refractivity contribution in [1.82, 2.24) is 0 Å². The van der Waals surface area contributed by atoms with Crippen LogP contribution in [0.1, 0.15) is 26.7 Å². The maximum Gasteiger partial charge on any atom is 0.268 e. The van der Waals surface area contributed by atoms with Crippen molar-refractivity contribution in [2.24, 2.45) is 11.3 Å². The fourth-order valence-corrected chi connectivity index (χ4v) is 4.37. The fraction of sp³-hybridized carbons (Fsp3) is 1.00. The average molecular weight is 190 g/mol. The molecule has 12 heavy (non-hydrogen) atoms. The predicted octanol–water partition coefficient (Wildman–Crippen LogP) is 1.15. The lowest BCUT2D eigenvalue weighted by atomic mass is 9.90. The van der Waals surface area contributed by atoms with E-state index in [1.807, 2.05) is 6.92 Å². The summed E-state index contributed by atoms with van der Waals surface area (Å²) in [5.74, 6) is 0.605. The van der Waals surface area contributed by atoms with Gasteiger partial charge in [0.15, 0.2) is 0 Å². The summed E-state index contributed by atoms with van der Waals surface area (Å²) >= 11 is 0. The zero-order valence-electron chi connectivity index (χ0n) is 7.41. The van der Waals surface area contributed by atoms with E-state index in [-0.39, 0.29) is 17.3 Å². The topological polar surface area (TPSA) is 43.4 Å². The minimum atomic E-state index is -3.21. The molecular weight excluding hydrogens is 176 g/mol. The molecule has 2 rings (SSSR count). The molecule has 2 aliphatic rings. The zero-order valence-corrected chi connectivity index (χ0v) is 8.23. The largest absolute Gasteiger partial charge is 0.268 e. The standard InChI is InChI=1S/C8H14O3S/c1-6-3-8(2)4-7(6)11-12(9,10)5-8/h6-7H,3-5H2,1-2H3. The molecule has 1 heterocycles. The highest BCUT2D eigenvalue weighted by Gasteiger charge is 2.49. The minimum Gasteiger partial charge on any atom is -0.266 e. The summed E-state index contributed by atoms with van der Waals surface area (Å²) in [7, 11) is -3.21. The maximum atomic E-state index is 11.2. The maximum absolute atomic E-state index is 11.2. The van der Waals surface area contributed by atoms with Crippen molar-refractivity contribution in [3.63, 3.8) is 0 Å². The van der Waals surface area contributed by atoms with Gasteiger partial charge in [-0.15, -0.1) is 0 Å². The van der Waals surface area contributed by atoms with Gasteiger partial charge in [0.2, 0.25) is 0 Å². The van der Waals surface area contributed by atoms with Crippen molar-refractivity contribution in [3.8, 4) is 0 Å². The molecule has 1 aliphatic heterocycles. The minimum absolute atomic E-state index is 0.0127. The van der Waals surface area contributed by atoms with Crippen LogP contribution in [0.4, 0.5) is 0 Å². The Balaban J connectivity index is 2.34. The van der Waals surface area contributed by atoms with Crippen molar-refractivity contribution in [3.05, 3.63) is 0 Å². The van der Waals surface area contributed by atoms with Crippen molar-refractivity contribution in [2.75, 3.05) is 5.75 Å². The summed E-state index contributed by atoms with van der Waals surface area (Å²) in [5, 5.41) is 0. The third kappa shape index (κ3) is 1.27. The van der Waals surface area contributed by atoms with Gasteiger partial charge < -0.3 is 0 Å². The first-order chi connectivity index (χ1) is 5.40. The number of hydrogen-bond donors (Lipinski definition) is 0. The van der Waals surface area contributed by atoms with Gasteiger partial charge in [0, 0.05) is 0 Å². The van der Waals surface area contributed by atoms with Crippen molar-refractivity contribution in [1.29, 1.82) is 0 Å². The van der Waals surface area contributed by atoms with Gasteiger partial charge in [0.05, 0.1) is 11.9 Å². The Kier molecular flexibility index (Phi) is 1.58. The highest BCUT2D eigenvalue weighted by atomic mass is 32.2. The van der Waals surface area contributed by atoms with Crippen LogP contribution in [-0.2, 0) is 14.3 Å². The second-order valence-electron chi connectivity index (χ2n) is 4.53. The Morgan fingerprint density at radius 1 is 1.42 bits per heavy atom. The van der Waals surface area contributed by atoms with Crippen molar-refractivity contribution >= 4 is 10.1 Å². The van der Waals surface area contributed by atoms with Crippen LogP contribution in [0.2, 0.25) is 0 Å². The van der Waals surface area contributed by atoms with E-state index in [0.717, 1.165) is 12.8 Å². The highest BCUT2D eigenvalue weighted by Crippen LogP contribution is 2.48. The van der Waals surface area contributed by atoms with Gasteiger partial charge in [0.1, 0.15) is 0 Å². The second kappa shape index (κ2) is 2.23. The van der Waals surface area contributed by atoms with Gasteiger partial charge in [-0.1, -0.05) is 13.8 Å². The molecule has 70 valence electrons. The first kappa shape index (κ1) is 8.51. The Hall–Kier alpha value is -0.0900. The molecule has 1 saturated carbocycles. The molecule has 2 fully saturated rings. The number of fused-ring (bicyclic) bond motifs is 2. The van der Waals surface area contributed by atoms with Crippen molar-refractivity contribution in [2.45, 2.75) is 32.8 Å². The van der Waals surface area contributed by atoms with Gasteiger partial charge in [-0.3, -0.25) is 4.18 Å². The fourth-order valence-electron chi connectivity index (χ4n) is 2.57. The van der Waals surface area contributed by atoms with Crippen LogP contribution in [0.5, 0.6) is 0 Å². The summed E-state index contributed by atoms with van der Waals surface area (Å²) in [4.78, 5) is 0. The average Bonchev–Trinajstić information content (AvgIpc) is 1.99. The molecule has 0 aromatic carbocycles. The van der Waals surface area contributed by atoms with E-state index in [1.165, 1.54) is 0 Å². The molecule has 3 nitrogen and oxygen atoms in total. The van der Waals surface area contributed by atoms with Crippen LogP contribution >= 0.6 is 0 Å². The van der Waals surface area contributed by atoms with E-state index in [9.17, 15) is 8.42 Å². The third-order valence-electron chi connectivity index (χ3n) is 2.94. The normalized spacial score (nSPS) is 50.8. The lowest BCUT2D eigenvalue weighted by Crippen LogP contribution is -2.33. The first-order valence-electron chi connectivity index (χ1n) is 4.31. The Bertz CT molecular complexity index is 291. The van der Waals surface area contributed by atoms with E-state index in [1.54, 1.807) is 0 Å². The van der Waals surface area contributed by atoms with Crippen LogP contribution in [-0.4, -0.2) is 20.3 Å². The van der Waals surface area contributed by atoms with Crippen LogP contribution < -0.4 is 0 Å². The summed E-state index contributed by atoms with van der Waals surface area (Å²) < 4.78 is 27.5. The summed E-state index contributed by atoms with van der Waals surface area (Å²) in [5.41, 5.74) is -0.0127. The van der Waals surface area contributed by atoms with Crippen LogP contribution in [0.25, 0.3) is 0 Å². The van der Waals surface area contributed by atoms with Gasteiger partial charge in [-0.05, 0) is 24.2 Å². The van der Waals surface area contributed by atoms with Crippen molar-refractivity contribution < 1.29 is 12.6 Å². The molecule has 0 aromatic heterocycles. The summed E-state index contributed by atoms with van der Waals surface area (Å²) in [6.07, 6.45) is 1.85. The van der Waals surface area contributed by atoms with E-state index in [0.29, 0.717) is 5.92 Å². The molecule has 3 atom stereocenters. The molecule has 0 radical (unpaired) electrons. The summed E-state index contributed by atoms with van der Waals surface area (Å²) in [6.45, 7) is 4.11. The molecule has 3 unspecified atom stereocenters. The third-order valence-corrected chi connectivity index (χ3v) is 4.53. The van der Waals surface area contributed by atoms with Crippen LogP contribution in [0, 0.1) is 11.3 Å². The first-order valence-corrected chi connectivity index (χ1v) is 5.89. The highest BCUT2D eigenvalue weighted by molar-refractivity contribution is 7.86. The Morgan fingerprint density at radius 2 is 2.08 bits per heavy atom. The van der Waals surface area contributed by atoms with E-state index < -0.39 is 10.1 Å². The molecular formula is C8H14O3S. The van der Waals surface area contributed by atoms with Crippen LogP contribution in [0.3, 0.4) is 0 Å². The van der Waals surface area contributed by atoms with E-state index >= 15 is 0 Å². The lowest BCUT2D eigenvalue weighted by Gasteiger charge is -2.27. The predicted molar refractivity (Wildman–Crippen MR) is 45.2 cm³/mol. The second-order valence-corrected chi connectivity index (χ2v) is 6.13. The summed E-state index contributed by atoms with van der Waals surface area (Å²) in [6, 6.07) is 0. The van der Waals surface area contributed by atoms with Gasteiger partial charge in [-0.2, -0.15) is 8.42 Å². The Labute approximate surface area is 73.2 Å². The van der Waals surface area contributed by atoms with E-state index in [4.69, 9.17) is 4.18 Å². The van der Waals surface area contributed by atoms with Crippen LogP contribution in [0.15, 0.2) is 0 Å². The molecule has 2 bridgehead atoms. The SMILES string of the molecule is CC1CC2(C)CC1OS(=O)(=O)C2. The molecule has 0 amide bonds. The molecule has 1 aliphatic carbocycles. The lowest BCUT2D eigenvalue weighted by molar-refractivity contribution is 0.152. The number of hydrogen-bond acceptors (Lipinski definition) is 3. The quantitative estimate of drug-likeness (QED) is 0.538. The Morgan fingerprint density at radius 3 is 2.67 bits per heavy atom. The smallest absolute Gasteiger partial charge is 0.266 e. The van der Waals surface area contributed by atoms with E-state index in [2.05, 4.69) is 6.92 Å². The number of rotatable bonds is 0.